The second-order valence-electron chi connectivity index (χ2n) is 3.73. The Morgan fingerprint density at radius 3 is 3.00 bits per heavy atom. The lowest BCUT2D eigenvalue weighted by molar-refractivity contribution is 0.164. The molecule has 1 heterocycles. The predicted molar refractivity (Wildman–Crippen MR) is 54.3 cm³/mol. The molecule has 3 nitrogen and oxygen atoms in total. The van der Waals surface area contributed by atoms with E-state index in [2.05, 4.69) is 0 Å². The van der Waals surface area contributed by atoms with Gasteiger partial charge in [-0.2, -0.15) is 0 Å². The van der Waals surface area contributed by atoms with Crippen molar-refractivity contribution in [2.24, 2.45) is 5.73 Å². The Labute approximate surface area is 83.5 Å². The van der Waals surface area contributed by atoms with E-state index in [4.69, 9.17) is 10.5 Å². The van der Waals surface area contributed by atoms with E-state index in [1.165, 1.54) is 5.56 Å². The van der Waals surface area contributed by atoms with Crippen LogP contribution in [0.4, 0.5) is 0 Å². The highest BCUT2D eigenvalue weighted by Gasteiger charge is 2.16. The van der Waals surface area contributed by atoms with E-state index in [0.717, 1.165) is 24.3 Å². The molecule has 0 bridgehead atoms. The van der Waals surface area contributed by atoms with Crippen LogP contribution in [0.3, 0.4) is 0 Å². The molecule has 1 aliphatic rings. The van der Waals surface area contributed by atoms with Gasteiger partial charge in [0, 0.05) is 6.42 Å². The summed E-state index contributed by atoms with van der Waals surface area (Å²) in [5, 5.41) is 9.37. The van der Waals surface area contributed by atoms with Crippen molar-refractivity contribution in [2.75, 3.05) is 6.61 Å². The molecule has 0 spiro atoms. The Morgan fingerprint density at radius 1 is 1.50 bits per heavy atom. The molecular formula is C11H15NO2. The van der Waals surface area contributed by atoms with Gasteiger partial charge in [0.2, 0.25) is 0 Å². The average molecular weight is 193 g/mol. The maximum absolute atomic E-state index is 9.37. The number of rotatable bonds is 2. The molecule has 76 valence electrons. The van der Waals surface area contributed by atoms with Crippen molar-refractivity contribution in [3.05, 3.63) is 29.3 Å². The molecule has 3 N–H and O–H groups in total. The number of nitrogens with two attached hydrogens (primary N) is 1. The third kappa shape index (κ3) is 1.61. The Kier molecular flexibility index (Phi) is 2.44. The maximum Gasteiger partial charge on any atom is 0.122 e. The lowest BCUT2D eigenvalue weighted by Gasteiger charge is -2.15. The van der Waals surface area contributed by atoms with Crippen LogP contribution in [0.15, 0.2) is 18.2 Å². The molecule has 2 rings (SSSR count). The number of hydrogen-bond donors (Lipinski definition) is 2. The van der Waals surface area contributed by atoms with E-state index >= 15 is 0 Å². The topological polar surface area (TPSA) is 55.5 Å². The second kappa shape index (κ2) is 3.59. The van der Waals surface area contributed by atoms with Crippen LogP contribution >= 0.6 is 0 Å². The van der Waals surface area contributed by atoms with Gasteiger partial charge in [0.05, 0.1) is 18.8 Å². The molecule has 2 unspecified atom stereocenters. The molecule has 3 heteroatoms. The van der Waals surface area contributed by atoms with E-state index in [1.54, 1.807) is 6.92 Å². The highest BCUT2D eigenvalue weighted by Crippen LogP contribution is 2.28. The van der Waals surface area contributed by atoms with Gasteiger partial charge in [-0.15, -0.1) is 0 Å². The zero-order valence-corrected chi connectivity index (χ0v) is 8.23. The van der Waals surface area contributed by atoms with Crippen LogP contribution in [-0.4, -0.2) is 17.8 Å². The molecule has 0 aromatic heterocycles. The van der Waals surface area contributed by atoms with Crippen LogP contribution in [0.2, 0.25) is 0 Å². The Hall–Kier alpha value is -1.06. The molecular weight excluding hydrogens is 178 g/mol. The van der Waals surface area contributed by atoms with E-state index in [1.807, 2.05) is 18.2 Å². The largest absolute Gasteiger partial charge is 0.493 e. The third-order valence-electron chi connectivity index (χ3n) is 2.62. The molecule has 1 aliphatic heterocycles. The number of benzene rings is 1. The molecule has 0 amide bonds. The average Bonchev–Trinajstić information content (AvgIpc) is 2.62. The summed E-state index contributed by atoms with van der Waals surface area (Å²) in [5.74, 6) is 0.951. The standard InChI is InChI=1S/C11H15NO2/c1-7(13)11(12)9-2-3-10-8(6-9)4-5-14-10/h2-3,6-7,11,13H,4-5,12H2,1H3. The molecule has 0 saturated carbocycles. The van der Waals surface area contributed by atoms with Crippen molar-refractivity contribution in [3.63, 3.8) is 0 Å². The smallest absolute Gasteiger partial charge is 0.122 e. The summed E-state index contributed by atoms with van der Waals surface area (Å²) in [4.78, 5) is 0. The van der Waals surface area contributed by atoms with Crippen molar-refractivity contribution in [2.45, 2.75) is 25.5 Å². The molecule has 0 fully saturated rings. The van der Waals surface area contributed by atoms with Gasteiger partial charge in [-0.05, 0) is 24.1 Å². The quantitative estimate of drug-likeness (QED) is 0.736. The predicted octanol–water partition coefficient (Wildman–Crippen LogP) is 1.00. The Bertz CT molecular complexity index is 336. The molecule has 0 saturated heterocycles. The lowest BCUT2D eigenvalue weighted by Crippen LogP contribution is -2.23. The molecule has 1 aromatic carbocycles. The normalized spacial score (nSPS) is 18.5. The van der Waals surface area contributed by atoms with Crippen molar-refractivity contribution in [1.29, 1.82) is 0 Å². The molecule has 1 aromatic rings. The van der Waals surface area contributed by atoms with E-state index in [0.29, 0.717) is 0 Å². The SMILES string of the molecule is CC(O)C(N)c1ccc2c(c1)CCO2. The van der Waals surface area contributed by atoms with Crippen LogP contribution in [0.25, 0.3) is 0 Å². The van der Waals surface area contributed by atoms with Crippen molar-refractivity contribution >= 4 is 0 Å². The summed E-state index contributed by atoms with van der Waals surface area (Å²) < 4.78 is 5.39. The van der Waals surface area contributed by atoms with Crippen molar-refractivity contribution in [1.82, 2.24) is 0 Å². The van der Waals surface area contributed by atoms with Gasteiger partial charge in [-0.3, -0.25) is 0 Å². The number of aliphatic hydroxyl groups excluding tert-OH is 1. The molecule has 0 aliphatic carbocycles. The zero-order chi connectivity index (χ0) is 10.1. The Morgan fingerprint density at radius 2 is 2.29 bits per heavy atom. The van der Waals surface area contributed by atoms with Crippen molar-refractivity contribution in [3.8, 4) is 5.75 Å². The van der Waals surface area contributed by atoms with Gasteiger partial charge in [0.15, 0.2) is 0 Å². The van der Waals surface area contributed by atoms with Crippen LogP contribution in [-0.2, 0) is 6.42 Å². The summed E-state index contributed by atoms with van der Waals surface area (Å²) in [6, 6.07) is 5.57. The number of aliphatic hydroxyl groups is 1. The number of fused-ring (bicyclic) bond motifs is 1. The summed E-state index contributed by atoms with van der Waals surface area (Å²) in [6.07, 6.45) is 0.422. The fraction of sp³-hybridized carbons (Fsp3) is 0.455. The van der Waals surface area contributed by atoms with E-state index in [-0.39, 0.29) is 6.04 Å². The first-order valence-electron chi connectivity index (χ1n) is 4.88. The van der Waals surface area contributed by atoms with Gasteiger partial charge in [-0.1, -0.05) is 12.1 Å². The minimum Gasteiger partial charge on any atom is -0.493 e. The number of ether oxygens (including phenoxy) is 1. The fourth-order valence-corrected chi connectivity index (χ4v) is 1.69. The highest BCUT2D eigenvalue weighted by molar-refractivity contribution is 5.40. The molecule has 0 radical (unpaired) electrons. The van der Waals surface area contributed by atoms with Gasteiger partial charge in [-0.25, -0.2) is 0 Å². The van der Waals surface area contributed by atoms with Gasteiger partial charge < -0.3 is 15.6 Å². The zero-order valence-electron chi connectivity index (χ0n) is 8.23. The summed E-state index contributed by atoms with van der Waals surface area (Å²) in [5.41, 5.74) is 8.01. The Balaban J connectivity index is 2.28. The summed E-state index contributed by atoms with van der Waals surface area (Å²) in [6.45, 7) is 2.46. The lowest BCUT2D eigenvalue weighted by atomic mass is 10.00. The fourth-order valence-electron chi connectivity index (χ4n) is 1.69. The monoisotopic (exact) mass is 193 g/mol. The van der Waals surface area contributed by atoms with Crippen LogP contribution in [0.5, 0.6) is 5.75 Å². The van der Waals surface area contributed by atoms with Gasteiger partial charge in [0.25, 0.3) is 0 Å². The highest BCUT2D eigenvalue weighted by atomic mass is 16.5. The van der Waals surface area contributed by atoms with Gasteiger partial charge >= 0.3 is 0 Å². The molecule has 2 atom stereocenters. The van der Waals surface area contributed by atoms with E-state index < -0.39 is 6.10 Å². The summed E-state index contributed by atoms with van der Waals surface area (Å²) >= 11 is 0. The number of hydrogen-bond acceptors (Lipinski definition) is 3. The first-order valence-corrected chi connectivity index (χ1v) is 4.88. The first-order chi connectivity index (χ1) is 6.68. The third-order valence-corrected chi connectivity index (χ3v) is 2.62. The first kappa shape index (κ1) is 9.49. The second-order valence-corrected chi connectivity index (χ2v) is 3.73. The van der Waals surface area contributed by atoms with Crippen LogP contribution in [0.1, 0.15) is 24.1 Å². The molecule has 14 heavy (non-hydrogen) atoms. The maximum atomic E-state index is 9.37. The minimum atomic E-state index is -0.518. The summed E-state index contributed by atoms with van der Waals surface area (Å²) in [7, 11) is 0. The van der Waals surface area contributed by atoms with Crippen LogP contribution < -0.4 is 10.5 Å². The minimum absolute atomic E-state index is 0.305. The van der Waals surface area contributed by atoms with Crippen molar-refractivity contribution < 1.29 is 9.84 Å². The van der Waals surface area contributed by atoms with Crippen LogP contribution in [0, 0.1) is 0 Å². The van der Waals surface area contributed by atoms with Gasteiger partial charge in [0.1, 0.15) is 5.75 Å². The van der Waals surface area contributed by atoms with E-state index in [9.17, 15) is 5.11 Å².